The van der Waals surface area contributed by atoms with E-state index < -0.39 is 0 Å². The number of hydrogen-bond donors (Lipinski definition) is 1. The summed E-state index contributed by atoms with van der Waals surface area (Å²) in [4.78, 5) is 26.9. The molecule has 1 heterocycles. The Morgan fingerprint density at radius 2 is 1.65 bits per heavy atom. The maximum Gasteiger partial charge on any atom is 0.225 e. The number of carbonyl (C=O) groups excluding carboxylic acids is 2. The van der Waals surface area contributed by atoms with E-state index in [1.807, 2.05) is 4.90 Å². The Balaban J connectivity index is 1.37. The summed E-state index contributed by atoms with van der Waals surface area (Å²) < 4.78 is 0. The first-order valence-corrected chi connectivity index (χ1v) is 10.3. The molecule has 3 rings (SSSR count). The molecule has 0 atom stereocenters. The first-order valence-electron chi connectivity index (χ1n) is 10.3. The summed E-state index contributed by atoms with van der Waals surface area (Å²) in [5.74, 6) is 0.737. The van der Waals surface area contributed by atoms with Gasteiger partial charge < -0.3 is 10.2 Å². The van der Waals surface area contributed by atoms with Gasteiger partial charge in [-0.05, 0) is 44.6 Å². The minimum atomic E-state index is 0.127. The molecular formula is C22H32N2O2. The number of piperidine rings is 1. The fourth-order valence-electron chi connectivity index (χ4n) is 4.16. The summed E-state index contributed by atoms with van der Waals surface area (Å²) in [5.41, 5.74) is 2.45. The number of amides is 2. The molecule has 1 saturated heterocycles. The average molecular weight is 357 g/mol. The van der Waals surface area contributed by atoms with Crippen LogP contribution in [0.15, 0.2) is 24.3 Å². The van der Waals surface area contributed by atoms with Crippen LogP contribution in [0.3, 0.4) is 0 Å². The highest BCUT2D eigenvalue weighted by Gasteiger charge is 2.29. The molecule has 0 radical (unpaired) electrons. The Morgan fingerprint density at radius 1 is 1.00 bits per heavy atom. The Kier molecular flexibility index (Phi) is 6.70. The monoisotopic (exact) mass is 356 g/mol. The summed E-state index contributed by atoms with van der Waals surface area (Å²) in [6.07, 6.45) is 8.89. The number of carbonyl (C=O) groups is 2. The van der Waals surface area contributed by atoms with Crippen LogP contribution in [0.2, 0.25) is 0 Å². The van der Waals surface area contributed by atoms with Gasteiger partial charge in [0.1, 0.15) is 0 Å². The molecule has 2 amide bonds. The number of likely N-dealkylation sites (tertiary alicyclic amines) is 1. The Bertz CT molecular complexity index is 597. The molecule has 1 aliphatic carbocycles. The summed E-state index contributed by atoms with van der Waals surface area (Å²) in [5, 5.41) is 3.16. The highest BCUT2D eigenvalue weighted by molar-refractivity contribution is 5.79. The van der Waals surface area contributed by atoms with Crippen LogP contribution in [-0.4, -0.2) is 35.8 Å². The molecule has 142 valence electrons. The van der Waals surface area contributed by atoms with Crippen LogP contribution < -0.4 is 5.32 Å². The zero-order valence-electron chi connectivity index (χ0n) is 16.0. The molecule has 2 fully saturated rings. The second-order valence-corrected chi connectivity index (χ2v) is 7.99. The summed E-state index contributed by atoms with van der Waals surface area (Å²) >= 11 is 0. The third-order valence-corrected chi connectivity index (χ3v) is 5.89. The predicted octanol–water partition coefficient (Wildman–Crippen LogP) is 3.62. The van der Waals surface area contributed by atoms with Crippen LogP contribution >= 0.6 is 0 Å². The lowest BCUT2D eigenvalue weighted by Gasteiger charge is -2.35. The van der Waals surface area contributed by atoms with Crippen LogP contribution in [0, 0.1) is 12.8 Å². The lowest BCUT2D eigenvalue weighted by molar-refractivity contribution is -0.137. The smallest absolute Gasteiger partial charge is 0.225 e. The van der Waals surface area contributed by atoms with Crippen molar-refractivity contribution in [3.63, 3.8) is 0 Å². The standard InChI is InChI=1S/C22H32N2O2/c1-17-7-9-18(10-8-17)11-12-21(25)23-20-13-15-24(16-14-20)22(26)19-5-3-2-4-6-19/h7-10,19-20H,2-6,11-16H2,1H3,(H,23,25). The van der Waals surface area contributed by atoms with E-state index in [0.29, 0.717) is 12.3 Å². The van der Waals surface area contributed by atoms with Crippen LogP contribution in [0.1, 0.15) is 62.5 Å². The highest BCUT2D eigenvalue weighted by Crippen LogP contribution is 2.26. The Hall–Kier alpha value is -1.84. The highest BCUT2D eigenvalue weighted by atomic mass is 16.2. The van der Waals surface area contributed by atoms with Crippen molar-refractivity contribution in [3.8, 4) is 0 Å². The second kappa shape index (κ2) is 9.20. The summed E-state index contributed by atoms with van der Waals surface area (Å²) in [6, 6.07) is 8.59. The maximum absolute atomic E-state index is 12.6. The van der Waals surface area contributed by atoms with Crippen molar-refractivity contribution >= 4 is 11.8 Å². The van der Waals surface area contributed by atoms with Gasteiger partial charge in [-0.3, -0.25) is 9.59 Å². The average Bonchev–Trinajstić information content (AvgIpc) is 2.68. The number of nitrogens with one attached hydrogen (secondary N) is 1. The molecule has 26 heavy (non-hydrogen) atoms. The van der Waals surface area contributed by atoms with Gasteiger partial charge in [0.25, 0.3) is 0 Å². The number of aryl methyl sites for hydroxylation is 2. The topological polar surface area (TPSA) is 49.4 Å². The van der Waals surface area contributed by atoms with E-state index >= 15 is 0 Å². The van der Waals surface area contributed by atoms with Crippen molar-refractivity contribution in [1.29, 1.82) is 0 Å². The number of benzene rings is 1. The number of nitrogens with zero attached hydrogens (tertiary/aromatic N) is 1. The molecule has 1 N–H and O–H groups in total. The Morgan fingerprint density at radius 3 is 2.31 bits per heavy atom. The van der Waals surface area contributed by atoms with Crippen molar-refractivity contribution in [2.75, 3.05) is 13.1 Å². The largest absolute Gasteiger partial charge is 0.353 e. The normalized spacial score (nSPS) is 19.3. The summed E-state index contributed by atoms with van der Waals surface area (Å²) in [6.45, 7) is 3.65. The number of rotatable bonds is 5. The molecule has 2 aliphatic rings. The molecule has 1 aromatic carbocycles. The molecule has 4 heteroatoms. The van der Waals surface area contributed by atoms with Crippen molar-refractivity contribution < 1.29 is 9.59 Å². The number of hydrogen-bond acceptors (Lipinski definition) is 2. The molecule has 0 bridgehead atoms. The van der Waals surface area contributed by atoms with Crippen molar-refractivity contribution in [1.82, 2.24) is 10.2 Å². The van der Waals surface area contributed by atoms with Gasteiger partial charge in [0, 0.05) is 31.5 Å². The quantitative estimate of drug-likeness (QED) is 0.876. The van der Waals surface area contributed by atoms with E-state index in [2.05, 4.69) is 36.5 Å². The fraction of sp³-hybridized carbons (Fsp3) is 0.636. The van der Waals surface area contributed by atoms with Crippen LogP contribution in [0.5, 0.6) is 0 Å². The van der Waals surface area contributed by atoms with E-state index in [1.54, 1.807) is 0 Å². The fourth-order valence-corrected chi connectivity index (χ4v) is 4.16. The molecular weight excluding hydrogens is 324 g/mol. The predicted molar refractivity (Wildman–Crippen MR) is 104 cm³/mol. The molecule has 0 aromatic heterocycles. The van der Waals surface area contributed by atoms with Gasteiger partial charge in [0.15, 0.2) is 0 Å². The van der Waals surface area contributed by atoms with Crippen LogP contribution in [0.25, 0.3) is 0 Å². The van der Waals surface area contributed by atoms with Gasteiger partial charge >= 0.3 is 0 Å². The minimum absolute atomic E-state index is 0.127. The molecule has 1 saturated carbocycles. The zero-order chi connectivity index (χ0) is 18.4. The SMILES string of the molecule is Cc1ccc(CCC(=O)NC2CCN(C(=O)C3CCCCC3)CC2)cc1. The maximum atomic E-state index is 12.6. The van der Waals surface area contributed by atoms with Gasteiger partial charge in [-0.15, -0.1) is 0 Å². The lowest BCUT2D eigenvalue weighted by Crippen LogP contribution is -2.48. The first-order chi connectivity index (χ1) is 12.6. The molecule has 1 aromatic rings. The van der Waals surface area contributed by atoms with E-state index in [1.165, 1.54) is 30.4 Å². The molecule has 4 nitrogen and oxygen atoms in total. The van der Waals surface area contributed by atoms with E-state index in [-0.39, 0.29) is 17.9 Å². The Labute approximate surface area is 157 Å². The molecule has 1 aliphatic heterocycles. The lowest BCUT2D eigenvalue weighted by atomic mass is 9.87. The van der Waals surface area contributed by atoms with Crippen LogP contribution in [0.4, 0.5) is 0 Å². The first kappa shape index (κ1) is 18.9. The van der Waals surface area contributed by atoms with Crippen molar-refractivity contribution in [2.45, 2.75) is 70.8 Å². The molecule has 0 unspecified atom stereocenters. The van der Waals surface area contributed by atoms with Gasteiger partial charge in [-0.2, -0.15) is 0 Å². The van der Waals surface area contributed by atoms with Gasteiger partial charge in [-0.1, -0.05) is 49.1 Å². The zero-order valence-corrected chi connectivity index (χ0v) is 16.0. The van der Waals surface area contributed by atoms with E-state index in [4.69, 9.17) is 0 Å². The van der Waals surface area contributed by atoms with E-state index in [0.717, 1.165) is 45.2 Å². The summed E-state index contributed by atoms with van der Waals surface area (Å²) in [7, 11) is 0. The third kappa shape index (κ3) is 5.33. The van der Waals surface area contributed by atoms with Gasteiger partial charge in [-0.25, -0.2) is 0 Å². The van der Waals surface area contributed by atoms with Crippen LogP contribution in [-0.2, 0) is 16.0 Å². The molecule has 0 spiro atoms. The second-order valence-electron chi connectivity index (χ2n) is 7.99. The van der Waals surface area contributed by atoms with Gasteiger partial charge in [0.2, 0.25) is 11.8 Å². The van der Waals surface area contributed by atoms with Crippen molar-refractivity contribution in [3.05, 3.63) is 35.4 Å². The minimum Gasteiger partial charge on any atom is -0.353 e. The van der Waals surface area contributed by atoms with Crippen molar-refractivity contribution in [2.24, 2.45) is 5.92 Å². The third-order valence-electron chi connectivity index (χ3n) is 5.89. The van der Waals surface area contributed by atoms with Gasteiger partial charge in [0.05, 0.1) is 0 Å². The van der Waals surface area contributed by atoms with E-state index in [9.17, 15) is 9.59 Å².